The Bertz CT molecular complexity index is 411. The fraction of sp³-hybridized carbons (Fsp3) is 0.643. The summed E-state index contributed by atoms with van der Waals surface area (Å²) in [5.74, 6) is 0.0182. The first kappa shape index (κ1) is 16.5. The van der Waals surface area contributed by atoms with E-state index >= 15 is 0 Å². The number of carbonyl (C=O) groups is 1. The lowest BCUT2D eigenvalue weighted by molar-refractivity contribution is -0.126. The van der Waals surface area contributed by atoms with Gasteiger partial charge >= 0.3 is 0 Å². The number of nitrogens with two attached hydrogens (primary N) is 1. The Morgan fingerprint density at radius 1 is 1.47 bits per heavy atom. The highest BCUT2D eigenvalue weighted by Crippen LogP contribution is 2.29. The third-order valence-electron chi connectivity index (χ3n) is 3.83. The molecular formula is C14H23ClN2OS. The molecule has 5 heteroatoms. The summed E-state index contributed by atoms with van der Waals surface area (Å²) in [6.45, 7) is 4.94. The van der Waals surface area contributed by atoms with Crippen molar-refractivity contribution in [1.82, 2.24) is 5.32 Å². The topological polar surface area (TPSA) is 55.1 Å². The van der Waals surface area contributed by atoms with E-state index in [2.05, 4.69) is 30.6 Å². The molecule has 0 unspecified atom stereocenters. The van der Waals surface area contributed by atoms with Crippen molar-refractivity contribution in [2.75, 3.05) is 6.54 Å². The molecule has 108 valence electrons. The van der Waals surface area contributed by atoms with Gasteiger partial charge in [0.15, 0.2) is 0 Å². The van der Waals surface area contributed by atoms with Gasteiger partial charge in [-0.15, -0.1) is 23.7 Å². The monoisotopic (exact) mass is 302 g/mol. The average molecular weight is 303 g/mol. The molecule has 0 atom stereocenters. The van der Waals surface area contributed by atoms with E-state index in [1.54, 1.807) is 11.3 Å². The van der Waals surface area contributed by atoms with Crippen LogP contribution in [0, 0.1) is 0 Å². The van der Waals surface area contributed by atoms with Crippen LogP contribution < -0.4 is 11.1 Å². The Hall–Kier alpha value is -0.580. The molecule has 1 saturated carbocycles. The average Bonchev–Trinajstić information content (AvgIpc) is 2.97. The molecule has 0 radical (unpaired) electrons. The first-order chi connectivity index (χ1) is 8.44. The lowest BCUT2D eigenvalue weighted by Crippen LogP contribution is -2.53. The molecule has 19 heavy (non-hydrogen) atoms. The van der Waals surface area contributed by atoms with Crippen molar-refractivity contribution in [3.63, 3.8) is 0 Å². The minimum atomic E-state index is -0.620. The largest absolute Gasteiger partial charge is 0.354 e. The first-order valence-corrected chi connectivity index (χ1v) is 7.43. The Kier molecular flexibility index (Phi) is 5.42. The fourth-order valence-corrected chi connectivity index (χ4v) is 3.31. The Balaban J connectivity index is 0.00000180. The van der Waals surface area contributed by atoms with Crippen molar-refractivity contribution in [2.45, 2.75) is 50.5 Å². The van der Waals surface area contributed by atoms with Crippen LogP contribution in [0.1, 0.15) is 44.4 Å². The molecule has 0 aliphatic heterocycles. The third-order valence-corrected chi connectivity index (χ3v) is 5.06. The summed E-state index contributed by atoms with van der Waals surface area (Å²) in [5.41, 5.74) is 5.49. The van der Waals surface area contributed by atoms with Crippen LogP contribution in [-0.4, -0.2) is 18.0 Å². The summed E-state index contributed by atoms with van der Waals surface area (Å²) in [4.78, 5) is 13.4. The number of thiophene rings is 1. The molecule has 1 heterocycles. The zero-order chi connectivity index (χ0) is 13.2. The SMILES string of the molecule is CC(C)(CNC(=O)C1(N)CCCC1)c1cccs1.Cl. The first-order valence-electron chi connectivity index (χ1n) is 6.55. The van der Waals surface area contributed by atoms with E-state index in [0.29, 0.717) is 6.54 Å². The van der Waals surface area contributed by atoms with Crippen LogP contribution in [0.25, 0.3) is 0 Å². The molecular weight excluding hydrogens is 280 g/mol. The van der Waals surface area contributed by atoms with Crippen LogP contribution >= 0.6 is 23.7 Å². The molecule has 1 fully saturated rings. The molecule has 3 N–H and O–H groups in total. The Morgan fingerprint density at radius 3 is 2.63 bits per heavy atom. The number of carbonyl (C=O) groups excluding carboxylic acids is 1. The molecule has 1 amide bonds. The van der Waals surface area contributed by atoms with Crippen LogP contribution in [-0.2, 0) is 10.2 Å². The van der Waals surface area contributed by atoms with Crippen molar-refractivity contribution in [3.05, 3.63) is 22.4 Å². The van der Waals surface area contributed by atoms with E-state index in [1.807, 2.05) is 6.07 Å². The van der Waals surface area contributed by atoms with Crippen molar-refractivity contribution in [1.29, 1.82) is 0 Å². The van der Waals surface area contributed by atoms with Crippen LogP contribution in [0.4, 0.5) is 0 Å². The molecule has 1 aromatic heterocycles. The number of rotatable bonds is 4. The van der Waals surface area contributed by atoms with Crippen LogP contribution in [0.3, 0.4) is 0 Å². The maximum atomic E-state index is 12.2. The van der Waals surface area contributed by atoms with Crippen molar-refractivity contribution in [2.24, 2.45) is 5.73 Å². The highest BCUT2D eigenvalue weighted by molar-refractivity contribution is 7.10. The minimum absolute atomic E-state index is 0. The van der Waals surface area contributed by atoms with Gasteiger partial charge in [0, 0.05) is 16.8 Å². The van der Waals surface area contributed by atoms with Gasteiger partial charge in [0.2, 0.25) is 5.91 Å². The van der Waals surface area contributed by atoms with E-state index in [9.17, 15) is 4.79 Å². The highest BCUT2D eigenvalue weighted by atomic mass is 35.5. The number of hydrogen-bond donors (Lipinski definition) is 2. The van der Waals surface area contributed by atoms with Crippen molar-refractivity contribution in [3.8, 4) is 0 Å². The minimum Gasteiger partial charge on any atom is -0.354 e. The smallest absolute Gasteiger partial charge is 0.240 e. The molecule has 1 aliphatic carbocycles. The number of amides is 1. The van der Waals surface area contributed by atoms with E-state index in [0.717, 1.165) is 25.7 Å². The van der Waals surface area contributed by atoms with Gasteiger partial charge in [-0.1, -0.05) is 32.8 Å². The second kappa shape index (κ2) is 6.25. The normalized spacial score (nSPS) is 17.8. The van der Waals surface area contributed by atoms with E-state index in [1.165, 1.54) is 4.88 Å². The number of hydrogen-bond acceptors (Lipinski definition) is 3. The summed E-state index contributed by atoms with van der Waals surface area (Å²) < 4.78 is 0. The van der Waals surface area contributed by atoms with Gasteiger partial charge in [0.25, 0.3) is 0 Å². The fourth-order valence-electron chi connectivity index (χ4n) is 2.46. The molecule has 2 rings (SSSR count). The van der Waals surface area contributed by atoms with E-state index in [-0.39, 0.29) is 23.7 Å². The van der Waals surface area contributed by atoms with Crippen LogP contribution in [0.2, 0.25) is 0 Å². The summed E-state index contributed by atoms with van der Waals surface area (Å²) in [6, 6.07) is 4.16. The van der Waals surface area contributed by atoms with Gasteiger partial charge < -0.3 is 11.1 Å². The number of nitrogens with one attached hydrogen (secondary N) is 1. The van der Waals surface area contributed by atoms with Crippen LogP contribution in [0.15, 0.2) is 17.5 Å². The Labute approximate surface area is 125 Å². The summed E-state index contributed by atoms with van der Waals surface area (Å²) in [5, 5.41) is 5.11. The maximum absolute atomic E-state index is 12.2. The molecule has 0 bridgehead atoms. The van der Waals surface area contributed by atoms with Gasteiger partial charge in [0.1, 0.15) is 0 Å². The quantitative estimate of drug-likeness (QED) is 0.898. The van der Waals surface area contributed by atoms with Gasteiger partial charge in [-0.2, -0.15) is 0 Å². The standard InChI is InChI=1S/C14H22N2OS.ClH/c1-13(2,11-6-5-9-18-11)10-16-12(17)14(15)7-3-4-8-14;/h5-6,9H,3-4,7-8,10,15H2,1-2H3,(H,16,17);1H. The predicted molar refractivity (Wildman–Crippen MR) is 83.0 cm³/mol. The second-order valence-corrected chi connectivity index (χ2v) is 6.85. The van der Waals surface area contributed by atoms with Gasteiger partial charge in [-0.3, -0.25) is 4.79 Å². The van der Waals surface area contributed by atoms with E-state index < -0.39 is 5.54 Å². The molecule has 0 spiro atoms. The molecule has 0 saturated heterocycles. The van der Waals surface area contributed by atoms with Crippen LogP contribution in [0.5, 0.6) is 0 Å². The van der Waals surface area contributed by atoms with Gasteiger partial charge in [-0.05, 0) is 24.3 Å². The van der Waals surface area contributed by atoms with E-state index in [4.69, 9.17) is 5.73 Å². The zero-order valence-electron chi connectivity index (χ0n) is 11.6. The zero-order valence-corrected chi connectivity index (χ0v) is 13.2. The van der Waals surface area contributed by atoms with Crippen molar-refractivity contribution >= 4 is 29.7 Å². The van der Waals surface area contributed by atoms with Gasteiger partial charge in [-0.25, -0.2) is 0 Å². The Morgan fingerprint density at radius 2 is 2.11 bits per heavy atom. The summed E-state index contributed by atoms with van der Waals surface area (Å²) in [7, 11) is 0. The molecule has 1 aromatic rings. The summed E-state index contributed by atoms with van der Waals surface area (Å²) >= 11 is 1.73. The molecule has 3 nitrogen and oxygen atoms in total. The lowest BCUT2D eigenvalue weighted by Gasteiger charge is -2.28. The maximum Gasteiger partial charge on any atom is 0.240 e. The highest BCUT2D eigenvalue weighted by Gasteiger charge is 2.37. The van der Waals surface area contributed by atoms with Gasteiger partial charge in [0.05, 0.1) is 5.54 Å². The molecule has 1 aliphatic rings. The third kappa shape index (κ3) is 3.71. The van der Waals surface area contributed by atoms with Crippen molar-refractivity contribution < 1.29 is 4.79 Å². The summed E-state index contributed by atoms with van der Waals surface area (Å²) in [6.07, 6.45) is 3.77. The predicted octanol–water partition coefficient (Wildman–Crippen LogP) is 2.84. The molecule has 0 aromatic carbocycles. The lowest BCUT2D eigenvalue weighted by atomic mass is 9.90. The number of halogens is 1. The second-order valence-electron chi connectivity index (χ2n) is 5.91.